The van der Waals surface area contributed by atoms with Gasteiger partial charge < -0.3 is 29.5 Å². The zero-order valence-corrected chi connectivity index (χ0v) is 25.7. The second-order valence-electron chi connectivity index (χ2n) is 14.4. The van der Waals surface area contributed by atoms with E-state index < -0.39 is 11.4 Å². The molecule has 2 saturated heterocycles. The zero-order chi connectivity index (χ0) is 30.3. The van der Waals surface area contributed by atoms with Crippen molar-refractivity contribution in [3.05, 3.63) is 35.3 Å². The molecular formula is C34H42FN5O4. The van der Waals surface area contributed by atoms with Gasteiger partial charge in [-0.2, -0.15) is 9.97 Å². The third-order valence-corrected chi connectivity index (χ3v) is 11.2. The van der Waals surface area contributed by atoms with Gasteiger partial charge in [0.1, 0.15) is 28.4 Å². The summed E-state index contributed by atoms with van der Waals surface area (Å²) in [5.74, 6) is 0.0631. The highest BCUT2D eigenvalue weighted by Crippen LogP contribution is 2.60. The lowest BCUT2D eigenvalue weighted by Crippen LogP contribution is -2.50. The number of β-amino-alcohol motifs (C(OH)–C–C–N with tert-alkyl or cyclic N) is 1. The van der Waals surface area contributed by atoms with E-state index in [2.05, 4.69) is 16.9 Å². The summed E-state index contributed by atoms with van der Waals surface area (Å²) in [5.41, 5.74) is 2.19. The van der Waals surface area contributed by atoms with E-state index in [1.165, 1.54) is 6.42 Å². The van der Waals surface area contributed by atoms with Crippen LogP contribution in [0, 0.1) is 11.2 Å². The Labute approximate surface area is 257 Å². The summed E-state index contributed by atoms with van der Waals surface area (Å²) in [7, 11) is 2.20. The van der Waals surface area contributed by atoms with Crippen molar-refractivity contribution in [2.45, 2.75) is 81.8 Å². The van der Waals surface area contributed by atoms with Gasteiger partial charge in [0.25, 0.3) is 0 Å². The predicted molar refractivity (Wildman–Crippen MR) is 165 cm³/mol. The minimum absolute atomic E-state index is 0.0360. The maximum Gasteiger partial charge on any atom is 0.319 e. The predicted octanol–water partition coefficient (Wildman–Crippen LogP) is 4.75. The Hall–Kier alpha value is -3.08. The van der Waals surface area contributed by atoms with Crippen LogP contribution in [0.5, 0.6) is 11.8 Å². The highest BCUT2D eigenvalue weighted by atomic mass is 19.1. The molecule has 10 heteroatoms. The number of nitrogens with zero attached hydrogens (tertiary/aromatic N) is 5. The first kappa shape index (κ1) is 28.4. The van der Waals surface area contributed by atoms with Crippen molar-refractivity contribution in [3.63, 3.8) is 0 Å². The standard InChI is InChI=1S/C34H42FN5O4/c1-32(42)18-40(13-14-43-19-32)30-24-17-36-28(23-16-22(41)15-21-6-9-33(10-11-33)26(21)23)27(35)29(24)37-31(38-30)44-20-34-7-3-5-25(34)39(2)12-4-8-34/h15-17,25,41-42H,3-14,18-20H2,1-2H3/t25-,32+,34-/m1/s1. The highest BCUT2D eigenvalue weighted by Gasteiger charge is 2.50. The lowest BCUT2D eigenvalue weighted by molar-refractivity contribution is -0.0123. The van der Waals surface area contributed by atoms with Gasteiger partial charge in [0.05, 0.1) is 31.8 Å². The number of phenols is 1. The first-order valence-corrected chi connectivity index (χ1v) is 16.3. The Morgan fingerprint density at radius 2 is 1.95 bits per heavy atom. The van der Waals surface area contributed by atoms with Crippen LogP contribution in [0.2, 0.25) is 0 Å². The molecule has 1 aromatic carbocycles. The van der Waals surface area contributed by atoms with Crippen molar-refractivity contribution in [2.24, 2.45) is 5.41 Å². The molecule has 3 atom stereocenters. The topological polar surface area (TPSA) is 104 Å². The molecule has 9 nitrogen and oxygen atoms in total. The number of aromatic nitrogens is 3. The molecule has 4 heterocycles. The van der Waals surface area contributed by atoms with Crippen molar-refractivity contribution < 1.29 is 24.1 Å². The number of ether oxygens (including phenoxy) is 2. The van der Waals surface area contributed by atoms with E-state index in [1.54, 1.807) is 19.2 Å². The quantitative estimate of drug-likeness (QED) is 0.428. The van der Waals surface area contributed by atoms with Crippen LogP contribution in [0.4, 0.5) is 10.2 Å². The van der Waals surface area contributed by atoms with E-state index in [-0.39, 0.29) is 47.0 Å². The number of fused-ring (bicyclic) bond motifs is 4. The Morgan fingerprint density at radius 3 is 2.80 bits per heavy atom. The fourth-order valence-electron chi connectivity index (χ4n) is 8.93. The van der Waals surface area contributed by atoms with Crippen LogP contribution in [-0.4, -0.2) is 88.2 Å². The highest BCUT2D eigenvalue weighted by molar-refractivity contribution is 5.92. The molecule has 3 aromatic rings. The number of aliphatic hydroxyl groups is 1. The number of aryl methyl sites for hydroxylation is 1. The SMILES string of the molecule is CN1CCC[C@@]2(COc3nc(N4CCOC[C@@](C)(O)C4)c4cnc(-c5cc(O)cc6c5C5(CC6)CC5)c(F)c4n3)CCC[C@@H]12. The Balaban J connectivity index is 1.24. The van der Waals surface area contributed by atoms with E-state index in [1.807, 2.05) is 11.0 Å². The minimum Gasteiger partial charge on any atom is -0.508 e. The van der Waals surface area contributed by atoms with Crippen molar-refractivity contribution >= 4 is 16.7 Å². The molecule has 234 valence electrons. The Kier molecular flexibility index (Phi) is 6.60. The van der Waals surface area contributed by atoms with Gasteiger partial charge in [-0.15, -0.1) is 0 Å². The lowest BCUT2D eigenvalue weighted by atomic mass is 9.76. The van der Waals surface area contributed by atoms with Gasteiger partial charge in [-0.1, -0.05) is 6.42 Å². The van der Waals surface area contributed by atoms with Gasteiger partial charge in [0.15, 0.2) is 5.82 Å². The summed E-state index contributed by atoms with van der Waals surface area (Å²) in [4.78, 5) is 18.6. The number of pyridine rings is 1. The van der Waals surface area contributed by atoms with E-state index in [0.717, 1.165) is 69.0 Å². The van der Waals surface area contributed by atoms with Crippen LogP contribution in [0.25, 0.3) is 22.2 Å². The number of hydrogen-bond donors (Lipinski definition) is 2. The molecule has 0 radical (unpaired) electrons. The summed E-state index contributed by atoms with van der Waals surface area (Å²) in [6.45, 7) is 4.66. The first-order valence-electron chi connectivity index (χ1n) is 16.3. The number of piperidine rings is 1. The van der Waals surface area contributed by atoms with Crippen molar-refractivity contribution in [2.75, 3.05) is 51.4 Å². The molecule has 3 aliphatic carbocycles. The molecule has 44 heavy (non-hydrogen) atoms. The van der Waals surface area contributed by atoms with Crippen molar-refractivity contribution in [1.29, 1.82) is 0 Å². The molecule has 0 amide bonds. The fourth-order valence-corrected chi connectivity index (χ4v) is 8.93. The normalized spacial score (nSPS) is 29.5. The monoisotopic (exact) mass is 603 g/mol. The molecule has 2 aromatic heterocycles. The number of rotatable bonds is 5. The van der Waals surface area contributed by atoms with Crippen LogP contribution < -0.4 is 9.64 Å². The Bertz CT molecular complexity index is 1630. The van der Waals surface area contributed by atoms with E-state index in [4.69, 9.17) is 19.4 Å². The number of aromatic hydroxyl groups is 1. The number of phenolic OH excluding ortho intramolecular Hbond substituents is 1. The fraction of sp³-hybridized carbons (Fsp3) is 0.618. The second kappa shape index (κ2) is 10.2. The summed E-state index contributed by atoms with van der Waals surface area (Å²) >= 11 is 0. The molecule has 2 saturated carbocycles. The maximum atomic E-state index is 16.9. The van der Waals surface area contributed by atoms with E-state index >= 15 is 4.39 Å². The largest absolute Gasteiger partial charge is 0.508 e. The van der Waals surface area contributed by atoms with E-state index in [0.29, 0.717) is 42.6 Å². The number of anilines is 1. The maximum absolute atomic E-state index is 16.9. The van der Waals surface area contributed by atoms with Gasteiger partial charge in [0, 0.05) is 29.8 Å². The molecule has 2 aliphatic heterocycles. The van der Waals surface area contributed by atoms with Gasteiger partial charge in [-0.25, -0.2) is 4.39 Å². The summed E-state index contributed by atoms with van der Waals surface area (Å²) in [6, 6.07) is 4.08. The van der Waals surface area contributed by atoms with Crippen molar-refractivity contribution in [3.8, 4) is 23.0 Å². The molecule has 1 spiro atoms. The zero-order valence-electron chi connectivity index (χ0n) is 25.7. The minimum atomic E-state index is -1.11. The van der Waals surface area contributed by atoms with Crippen LogP contribution >= 0.6 is 0 Å². The summed E-state index contributed by atoms with van der Waals surface area (Å²) in [5, 5.41) is 22.1. The number of hydrogen-bond acceptors (Lipinski definition) is 9. The smallest absolute Gasteiger partial charge is 0.319 e. The van der Waals surface area contributed by atoms with Gasteiger partial charge in [-0.05, 0) is 101 Å². The van der Waals surface area contributed by atoms with Crippen molar-refractivity contribution in [1.82, 2.24) is 19.9 Å². The van der Waals surface area contributed by atoms with Gasteiger partial charge >= 0.3 is 6.01 Å². The molecular weight excluding hydrogens is 561 g/mol. The van der Waals surface area contributed by atoms with Crippen LogP contribution in [0.15, 0.2) is 18.3 Å². The second-order valence-corrected chi connectivity index (χ2v) is 14.4. The van der Waals surface area contributed by atoms with Gasteiger partial charge in [0.2, 0.25) is 0 Å². The molecule has 0 bridgehead atoms. The molecule has 8 rings (SSSR count). The van der Waals surface area contributed by atoms with Gasteiger partial charge in [-0.3, -0.25) is 4.98 Å². The number of halogens is 1. The lowest BCUT2D eigenvalue weighted by Gasteiger charge is -2.44. The van der Waals surface area contributed by atoms with Crippen LogP contribution in [0.1, 0.15) is 69.4 Å². The summed E-state index contributed by atoms with van der Waals surface area (Å²) < 4.78 is 29.0. The molecule has 4 fully saturated rings. The molecule has 2 N–H and O–H groups in total. The number of benzene rings is 1. The van der Waals surface area contributed by atoms with Crippen LogP contribution in [0.3, 0.4) is 0 Å². The van der Waals surface area contributed by atoms with E-state index in [9.17, 15) is 10.2 Å². The number of likely N-dealkylation sites (tertiary alicyclic amines) is 1. The average Bonchev–Trinajstić information content (AvgIpc) is 3.56. The molecule has 0 unspecified atom stereocenters. The third-order valence-electron chi connectivity index (χ3n) is 11.2. The van der Waals surface area contributed by atoms with Crippen LogP contribution in [-0.2, 0) is 16.6 Å². The average molecular weight is 604 g/mol. The third kappa shape index (κ3) is 4.63. The summed E-state index contributed by atoms with van der Waals surface area (Å²) in [6.07, 6.45) is 11.3. The Morgan fingerprint density at radius 1 is 1.11 bits per heavy atom. The first-order chi connectivity index (χ1) is 21.2. The molecule has 5 aliphatic rings.